The minimum atomic E-state index is -0.411. The Hall–Kier alpha value is -5.72. The summed E-state index contributed by atoms with van der Waals surface area (Å²) < 4.78 is 0. The lowest BCUT2D eigenvalue weighted by atomic mass is 9.66. The predicted octanol–water partition coefficient (Wildman–Crippen LogP) is 11.9. The van der Waals surface area contributed by atoms with Gasteiger partial charge in [0.05, 0.1) is 5.41 Å². The molecule has 0 heteroatoms. The molecule has 3 aliphatic rings. The normalized spacial score (nSPS) is 14.8. The minimum Gasteiger partial charge on any atom is -0.0622 e. The number of rotatable bonds is 4. The van der Waals surface area contributed by atoms with Gasteiger partial charge in [-0.05, 0) is 131 Å². The highest BCUT2D eigenvalue weighted by Gasteiger charge is 2.47. The Morgan fingerprint density at radius 2 is 0.776 bits per heavy atom. The third-order valence-corrected chi connectivity index (χ3v) is 11.9. The Bertz CT molecular complexity index is 2550. The zero-order valence-corrected chi connectivity index (χ0v) is 27.3. The molecule has 49 heavy (non-hydrogen) atoms. The molecule has 0 bridgehead atoms. The van der Waals surface area contributed by atoms with Gasteiger partial charge in [-0.3, -0.25) is 0 Å². The van der Waals surface area contributed by atoms with Crippen LogP contribution in [0.25, 0.3) is 54.9 Å². The van der Waals surface area contributed by atoms with Crippen LogP contribution in [0.1, 0.15) is 44.5 Å². The molecule has 3 aliphatic carbocycles. The first kappa shape index (κ1) is 27.3. The highest BCUT2D eigenvalue weighted by atomic mass is 14.5. The molecule has 8 aromatic carbocycles. The second-order valence-corrected chi connectivity index (χ2v) is 14.2. The molecule has 0 radical (unpaired) electrons. The van der Waals surface area contributed by atoms with Crippen LogP contribution in [0.15, 0.2) is 158 Å². The number of fused-ring (bicyclic) bond motifs is 7. The Kier molecular flexibility index (Phi) is 5.64. The predicted molar refractivity (Wildman–Crippen MR) is 204 cm³/mol. The molecule has 0 saturated heterocycles. The molecule has 0 saturated carbocycles. The fourth-order valence-electron chi connectivity index (χ4n) is 9.44. The van der Waals surface area contributed by atoms with Crippen molar-refractivity contribution in [2.45, 2.75) is 31.1 Å². The molecule has 0 aliphatic heterocycles. The van der Waals surface area contributed by atoms with E-state index in [1.54, 1.807) is 0 Å². The van der Waals surface area contributed by atoms with Crippen LogP contribution in [-0.2, 0) is 31.1 Å². The summed E-state index contributed by atoms with van der Waals surface area (Å²) in [6, 6.07) is 60.2. The molecule has 0 amide bonds. The maximum absolute atomic E-state index is 2.55. The molecule has 0 atom stereocenters. The van der Waals surface area contributed by atoms with E-state index in [4.69, 9.17) is 0 Å². The van der Waals surface area contributed by atoms with Crippen LogP contribution in [0, 0.1) is 0 Å². The number of benzene rings is 8. The fourth-order valence-corrected chi connectivity index (χ4v) is 9.44. The Balaban J connectivity index is 1.24. The van der Waals surface area contributed by atoms with E-state index in [1.807, 2.05) is 0 Å². The molecule has 8 aromatic rings. The van der Waals surface area contributed by atoms with Gasteiger partial charge in [0, 0.05) is 0 Å². The standard InChI is InChI=1S/C49H34/c1-3-11-37(12-4-1)49(38-13-5-2-6-14-38)45-30-36(25-26-39(45)44-28-33-22-23-34(33)29-46(44)49)48-42-17-9-7-15-40(42)47(41-16-8-10-18-43(41)48)35-24-20-31-19-21-32(31)27-35/h1-18,20,24-30H,19,21-23H2. The van der Waals surface area contributed by atoms with Crippen molar-refractivity contribution in [1.29, 1.82) is 0 Å². The topological polar surface area (TPSA) is 0 Å². The van der Waals surface area contributed by atoms with Crippen molar-refractivity contribution in [2.75, 3.05) is 0 Å². The molecule has 0 fully saturated rings. The summed E-state index contributed by atoms with van der Waals surface area (Å²) in [5.74, 6) is 0. The zero-order chi connectivity index (χ0) is 32.1. The minimum absolute atomic E-state index is 0.411. The van der Waals surface area contributed by atoms with Crippen LogP contribution in [0.4, 0.5) is 0 Å². The van der Waals surface area contributed by atoms with Crippen LogP contribution in [0.3, 0.4) is 0 Å². The molecule has 230 valence electrons. The lowest BCUT2D eigenvalue weighted by Crippen LogP contribution is -2.29. The lowest BCUT2D eigenvalue weighted by Gasteiger charge is -2.35. The Labute approximate surface area is 287 Å². The van der Waals surface area contributed by atoms with Crippen LogP contribution in [0.5, 0.6) is 0 Å². The SMILES string of the molecule is c1ccc(C2(c3ccccc3)c3cc(-c4c5ccccc5c(-c5ccc6c(c5)CC6)c5ccccc45)ccc3-c3cc4c(cc32)CC4)cc1. The first-order chi connectivity index (χ1) is 24.3. The van der Waals surface area contributed by atoms with Gasteiger partial charge < -0.3 is 0 Å². The van der Waals surface area contributed by atoms with Gasteiger partial charge in [-0.1, -0.05) is 152 Å². The van der Waals surface area contributed by atoms with Crippen LogP contribution < -0.4 is 0 Å². The maximum atomic E-state index is 2.55. The monoisotopic (exact) mass is 622 g/mol. The fraction of sp³-hybridized carbons (Fsp3) is 0.102. The van der Waals surface area contributed by atoms with Gasteiger partial charge in [0.1, 0.15) is 0 Å². The number of hydrogen-bond acceptors (Lipinski definition) is 0. The molecular formula is C49H34. The van der Waals surface area contributed by atoms with E-state index >= 15 is 0 Å². The van der Waals surface area contributed by atoms with Crippen molar-refractivity contribution in [2.24, 2.45) is 0 Å². The van der Waals surface area contributed by atoms with Crippen LogP contribution in [-0.4, -0.2) is 0 Å². The third-order valence-electron chi connectivity index (χ3n) is 11.9. The van der Waals surface area contributed by atoms with Crippen molar-refractivity contribution < 1.29 is 0 Å². The summed E-state index contributed by atoms with van der Waals surface area (Å²) in [6.45, 7) is 0. The first-order valence-electron chi connectivity index (χ1n) is 17.8. The average molecular weight is 623 g/mol. The number of hydrogen-bond donors (Lipinski definition) is 0. The van der Waals surface area contributed by atoms with Gasteiger partial charge in [-0.15, -0.1) is 0 Å². The lowest BCUT2D eigenvalue weighted by molar-refractivity contribution is 0.756. The van der Waals surface area contributed by atoms with Gasteiger partial charge in [-0.2, -0.15) is 0 Å². The van der Waals surface area contributed by atoms with Crippen molar-refractivity contribution in [3.05, 3.63) is 202 Å². The van der Waals surface area contributed by atoms with Gasteiger partial charge in [0.15, 0.2) is 0 Å². The van der Waals surface area contributed by atoms with Crippen molar-refractivity contribution in [3.63, 3.8) is 0 Å². The summed E-state index contributed by atoms with van der Waals surface area (Å²) in [5, 5.41) is 5.25. The third kappa shape index (κ3) is 3.69. The van der Waals surface area contributed by atoms with E-state index in [2.05, 4.69) is 158 Å². The quantitative estimate of drug-likeness (QED) is 0.171. The molecule has 0 nitrogen and oxygen atoms in total. The van der Waals surface area contributed by atoms with Gasteiger partial charge in [-0.25, -0.2) is 0 Å². The molecule has 0 aromatic heterocycles. The maximum Gasteiger partial charge on any atom is 0.0713 e. The molecule has 0 spiro atoms. The average Bonchev–Trinajstić information content (AvgIpc) is 3.42. The Morgan fingerprint density at radius 1 is 0.327 bits per heavy atom. The highest BCUT2D eigenvalue weighted by molar-refractivity contribution is 6.21. The number of aryl methyl sites for hydroxylation is 4. The molecular weight excluding hydrogens is 589 g/mol. The largest absolute Gasteiger partial charge is 0.0713 e. The Morgan fingerprint density at radius 3 is 1.31 bits per heavy atom. The van der Waals surface area contributed by atoms with E-state index in [-0.39, 0.29) is 0 Å². The van der Waals surface area contributed by atoms with E-state index in [0.717, 1.165) is 0 Å². The van der Waals surface area contributed by atoms with Crippen molar-refractivity contribution in [3.8, 4) is 33.4 Å². The van der Waals surface area contributed by atoms with Crippen LogP contribution in [0.2, 0.25) is 0 Å². The van der Waals surface area contributed by atoms with Gasteiger partial charge in [0.25, 0.3) is 0 Å². The van der Waals surface area contributed by atoms with E-state index in [9.17, 15) is 0 Å². The second-order valence-electron chi connectivity index (χ2n) is 14.2. The van der Waals surface area contributed by atoms with Gasteiger partial charge in [0.2, 0.25) is 0 Å². The van der Waals surface area contributed by atoms with E-state index < -0.39 is 5.41 Å². The summed E-state index contributed by atoms with van der Waals surface area (Å²) in [6.07, 6.45) is 4.73. The summed E-state index contributed by atoms with van der Waals surface area (Å²) in [5.41, 5.74) is 19.1. The van der Waals surface area contributed by atoms with E-state index in [1.165, 1.54) is 125 Å². The molecule has 11 rings (SSSR count). The molecule has 0 heterocycles. The van der Waals surface area contributed by atoms with E-state index in [0.29, 0.717) is 0 Å². The zero-order valence-electron chi connectivity index (χ0n) is 27.3. The van der Waals surface area contributed by atoms with Crippen LogP contribution >= 0.6 is 0 Å². The first-order valence-corrected chi connectivity index (χ1v) is 17.8. The summed E-state index contributed by atoms with van der Waals surface area (Å²) >= 11 is 0. The molecule has 0 N–H and O–H groups in total. The van der Waals surface area contributed by atoms with Crippen molar-refractivity contribution in [1.82, 2.24) is 0 Å². The second kappa shape index (κ2) is 10.1. The van der Waals surface area contributed by atoms with Gasteiger partial charge >= 0.3 is 0 Å². The smallest absolute Gasteiger partial charge is 0.0622 e. The molecule has 0 unspecified atom stereocenters. The van der Waals surface area contributed by atoms with Crippen molar-refractivity contribution >= 4 is 21.5 Å². The summed E-state index contributed by atoms with van der Waals surface area (Å²) in [4.78, 5) is 0. The summed E-state index contributed by atoms with van der Waals surface area (Å²) in [7, 11) is 0. The highest BCUT2D eigenvalue weighted by Crippen LogP contribution is 2.58.